The normalized spacial score (nSPS) is 20.6. The van der Waals surface area contributed by atoms with Crippen LogP contribution in [0.2, 0.25) is 0 Å². The van der Waals surface area contributed by atoms with Crippen molar-refractivity contribution < 1.29 is 24.0 Å². The predicted molar refractivity (Wildman–Crippen MR) is 39.0 cm³/mol. The maximum absolute atomic E-state index is 11.0. The van der Waals surface area contributed by atoms with Crippen LogP contribution >= 0.6 is 0 Å². The van der Waals surface area contributed by atoms with E-state index in [-0.39, 0.29) is 6.54 Å². The van der Waals surface area contributed by atoms with Crippen LogP contribution in [0.3, 0.4) is 0 Å². The van der Waals surface area contributed by atoms with Crippen molar-refractivity contribution in [2.45, 2.75) is 20.0 Å². The minimum atomic E-state index is -0.795. The van der Waals surface area contributed by atoms with Crippen LogP contribution in [0.25, 0.3) is 0 Å². The van der Waals surface area contributed by atoms with Crippen molar-refractivity contribution >= 4 is 17.8 Å². The van der Waals surface area contributed by atoms with Gasteiger partial charge in [-0.05, 0) is 0 Å². The van der Waals surface area contributed by atoms with Crippen LogP contribution in [0.4, 0.5) is 0 Å². The molecule has 0 aliphatic carbocycles. The fourth-order valence-electron chi connectivity index (χ4n) is 0.892. The number of ether oxygens (including phenoxy) is 1. The van der Waals surface area contributed by atoms with Crippen LogP contribution < -0.4 is 0 Å². The minimum absolute atomic E-state index is 0.109. The average Bonchev–Trinajstić information content (AvgIpc) is 2.01. The topological polar surface area (TPSA) is 72.9 Å². The Morgan fingerprint density at radius 2 is 2.00 bits per heavy atom. The van der Waals surface area contributed by atoms with Gasteiger partial charge < -0.3 is 9.57 Å². The Kier molecular flexibility index (Phi) is 2.50. The minimum Gasteiger partial charge on any atom is -0.450 e. The molecule has 0 bridgehead atoms. The number of β-lactam (4-membered cyclic amide) rings is 1. The maximum atomic E-state index is 11.0. The number of esters is 1. The largest absolute Gasteiger partial charge is 0.450 e. The Morgan fingerprint density at radius 1 is 1.38 bits per heavy atom. The number of hydrogen-bond donors (Lipinski definition) is 0. The van der Waals surface area contributed by atoms with Crippen molar-refractivity contribution in [3.8, 4) is 0 Å². The number of amides is 1. The molecule has 1 aliphatic heterocycles. The summed E-state index contributed by atoms with van der Waals surface area (Å²) in [6.07, 6.45) is -0.795. The fraction of sp³-hybridized carbons (Fsp3) is 0.571. The standard InChI is InChI=1S/C7H9NO5/c1-4(9)12-6-3-8(7(6)11)13-5(2)10/h6H,3H2,1-2H3. The number of carbonyl (C=O) groups is 3. The zero-order valence-electron chi connectivity index (χ0n) is 7.27. The van der Waals surface area contributed by atoms with Gasteiger partial charge in [0.15, 0.2) is 0 Å². The highest BCUT2D eigenvalue weighted by Gasteiger charge is 2.42. The first-order valence-electron chi connectivity index (χ1n) is 3.68. The third-order valence-electron chi connectivity index (χ3n) is 1.40. The van der Waals surface area contributed by atoms with Gasteiger partial charge in [-0.15, -0.1) is 0 Å². The lowest BCUT2D eigenvalue weighted by atomic mass is 10.2. The van der Waals surface area contributed by atoms with Crippen molar-refractivity contribution in [1.29, 1.82) is 0 Å². The van der Waals surface area contributed by atoms with Crippen LogP contribution in [0.5, 0.6) is 0 Å². The molecule has 72 valence electrons. The molecule has 1 unspecified atom stereocenters. The van der Waals surface area contributed by atoms with E-state index in [0.29, 0.717) is 0 Å². The summed E-state index contributed by atoms with van der Waals surface area (Å²) in [5, 5.41) is 0.857. The zero-order valence-corrected chi connectivity index (χ0v) is 7.27. The van der Waals surface area contributed by atoms with Gasteiger partial charge in [0.2, 0.25) is 6.10 Å². The van der Waals surface area contributed by atoms with Crippen molar-refractivity contribution in [3.05, 3.63) is 0 Å². The number of nitrogens with zero attached hydrogens (tertiary/aromatic N) is 1. The molecule has 0 saturated carbocycles. The van der Waals surface area contributed by atoms with Crippen molar-refractivity contribution in [2.24, 2.45) is 0 Å². The predicted octanol–water partition coefficient (Wildman–Crippen LogP) is -0.762. The lowest BCUT2D eigenvalue weighted by Crippen LogP contribution is -2.58. The lowest BCUT2D eigenvalue weighted by Gasteiger charge is -2.34. The monoisotopic (exact) mass is 187 g/mol. The zero-order chi connectivity index (χ0) is 10.0. The van der Waals surface area contributed by atoms with Gasteiger partial charge in [-0.2, -0.15) is 5.06 Å². The second kappa shape index (κ2) is 3.42. The molecule has 1 amide bonds. The maximum Gasteiger partial charge on any atom is 0.329 e. The highest BCUT2D eigenvalue weighted by Crippen LogP contribution is 2.14. The molecule has 1 aliphatic rings. The first kappa shape index (κ1) is 9.50. The highest BCUT2D eigenvalue weighted by atomic mass is 16.7. The van der Waals surface area contributed by atoms with E-state index in [2.05, 4.69) is 9.57 Å². The number of carbonyl (C=O) groups excluding carboxylic acids is 3. The molecule has 0 aromatic heterocycles. The van der Waals surface area contributed by atoms with Crippen molar-refractivity contribution in [2.75, 3.05) is 6.54 Å². The quantitative estimate of drug-likeness (QED) is 0.419. The fourth-order valence-corrected chi connectivity index (χ4v) is 0.892. The third kappa shape index (κ3) is 2.17. The van der Waals surface area contributed by atoms with Gasteiger partial charge in [0.25, 0.3) is 5.91 Å². The van der Waals surface area contributed by atoms with Crippen molar-refractivity contribution in [1.82, 2.24) is 5.06 Å². The molecule has 0 aromatic carbocycles. The Labute approximate surface area is 74.3 Å². The molecule has 6 heteroatoms. The SMILES string of the molecule is CC(=O)OC1CN(OC(C)=O)C1=O. The molecular formula is C7H9NO5. The Hall–Kier alpha value is -1.59. The van der Waals surface area contributed by atoms with Crippen molar-refractivity contribution in [3.63, 3.8) is 0 Å². The molecular weight excluding hydrogens is 178 g/mol. The highest BCUT2D eigenvalue weighted by molar-refractivity contribution is 5.89. The van der Waals surface area contributed by atoms with E-state index in [4.69, 9.17) is 0 Å². The van der Waals surface area contributed by atoms with E-state index < -0.39 is 23.9 Å². The van der Waals surface area contributed by atoms with Gasteiger partial charge in [0.05, 0.1) is 0 Å². The number of hydrogen-bond acceptors (Lipinski definition) is 5. The van der Waals surface area contributed by atoms with E-state index in [1.807, 2.05) is 0 Å². The van der Waals surface area contributed by atoms with E-state index >= 15 is 0 Å². The second-order valence-corrected chi connectivity index (χ2v) is 2.58. The van der Waals surface area contributed by atoms with Gasteiger partial charge >= 0.3 is 11.9 Å². The third-order valence-corrected chi connectivity index (χ3v) is 1.40. The molecule has 6 nitrogen and oxygen atoms in total. The average molecular weight is 187 g/mol. The van der Waals surface area contributed by atoms with Gasteiger partial charge in [-0.25, -0.2) is 0 Å². The Morgan fingerprint density at radius 3 is 2.38 bits per heavy atom. The van der Waals surface area contributed by atoms with E-state index in [0.717, 1.165) is 5.06 Å². The molecule has 0 spiro atoms. The molecule has 1 heterocycles. The van der Waals surface area contributed by atoms with Crippen LogP contribution in [-0.4, -0.2) is 35.6 Å². The summed E-state index contributed by atoms with van der Waals surface area (Å²) in [5.41, 5.74) is 0. The van der Waals surface area contributed by atoms with E-state index in [1.165, 1.54) is 13.8 Å². The summed E-state index contributed by atoms with van der Waals surface area (Å²) in [6, 6.07) is 0. The van der Waals surface area contributed by atoms with Crippen LogP contribution in [0.1, 0.15) is 13.8 Å². The summed E-state index contributed by atoms with van der Waals surface area (Å²) in [4.78, 5) is 36.3. The number of rotatable bonds is 2. The van der Waals surface area contributed by atoms with E-state index in [9.17, 15) is 14.4 Å². The summed E-state index contributed by atoms with van der Waals surface area (Å²) in [7, 11) is 0. The molecule has 0 N–H and O–H groups in total. The lowest BCUT2D eigenvalue weighted by molar-refractivity contribution is -0.230. The summed E-state index contributed by atoms with van der Waals surface area (Å²) < 4.78 is 4.59. The second-order valence-electron chi connectivity index (χ2n) is 2.58. The van der Waals surface area contributed by atoms with Crippen LogP contribution in [0, 0.1) is 0 Å². The van der Waals surface area contributed by atoms with Gasteiger partial charge in [-0.3, -0.25) is 14.4 Å². The summed E-state index contributed by atoms with van der Waals surface area (Å²) in [5.74, 6) is -1.61. The smallest absolute Gasteiger partial charge is 0.329 e. The molecule has 0 aromatic rings. The van der Waals surface area contributed by atoms with Gasteiger partial charge in [0.1, 0.15) is 6.54 Å². The molecule has 1 atom stereocenters. The molecule has 13 heavy (non-hydrogen) atoms. The number of hydroxylamine groups is 2. The van der Waals surface area contributed by atoms with E-state index in [1.54, 1.807) is 0 Å². The van der Waals surface area contributed by atoms with Gasteiger partial charge in [-0.1, -0.05) is 0 Å². The Balaban J connectivity index is 2.35. The van der Waals surface area contributed by atoms with Crippen LogP contribution in [-0.2, 0) is 24.0 Å². The first-order valence-corrected chi connectivity index (χ1v) is 3.68. The Bertz CT molecular complexity index is 238. The molecule has 1 saturated heterocycles. The van der Waals surface area contributed by atoms with Crippen LogP contribution in [0.15, 0.2) is 0 Å². The summed E-state index contributed by atoms with van der Waals surface area (Å²) >= 11 is 0. The molecule has 1 fully saturated rings. The summed E-state index contributed by atoms with van der Waals surface area (Å²) in [6.45, 7) is 2.51. The first-order chi connectivity index (χ1) is 6.00. The molecule has 0 radical (unpaired) electrons. The molecule has 1 rings (SSSR count). The van der Waals surface area contributed by atoms with Gasteiger partial charge in [0, 0.05) is 13.8 Å².